The predicted octanol–water partition coefficient (Wildman–Crippen LogP) is 12.3. The van der Waals surface area contributed by atoms with Crippen molar-refractivity contribution in [1.82, 2.24) is 0 Å². The second-order valence-electron chi connectivity index (χ2n) is 15.9. The summed E-state index contributed by atoms with van der Waals surface area (Å²) < 4.78 is 0.270. The molecule has 0 fully saturated rings. The third kappa shape index (κ3) is 6.42. The van der Waals surface area contributed by atoms with E-state index in [1.807, 2.05) is 0 Å². The van der Waals surface area contributed by atoms with E-state index in [1.54, 1.807) is 0 Å². The standard InChI is InChI=1S/2C17H23Si.C2H7Si.2ClH.Zr/c2*1-13(2)16-11-15-8-6-7-14(17(15)12-16)9-10-18(3,4)5;1-3-2;;;/h2*6-13H,1-5H3;3H,1-2H3;2*1H;/q;;;;;+2/p-2. The predicted molar refractivity (Wildman–Crippen MR) is 199 cm³/mol. The van der Waals surface area contributed by atoms with Gasteiger partial charge >= 0.3 is 270 Å². The second kappa shape index (κ2) is 12.0. The normalized spacial score (nSPS) is 20.5. The summed E-state index contributed by atoms with van der Waals surface area (Å²) in [7, 11) is 14.5. The number of rotatable bonds is 9. The van der Waals surface area contributed by atoms with Crippen LogP contribution in [0.2, 0.25) is 52.4 Å². The van der Waals surface area contributed by atoms with Crippen molar-refractivity contribution in [1.29, 1.82) is 0 Å². The molecule has 0 spiro atoms. The fourth-order valence-corrected chi connectivity index (χ4v) is 39.8. The summed E-state index contributed by atoms with van der Waals surface area (Å²) in [5.41, 5.74) is 16.0. The van der Waals surface area contributed by atoms with Gasteiger partial charge in [0.1, 0.15) is 0 Å². The SMILES string of the molecule is CC(C)C1=Cc2c(C=C[Si](C)(C)C)cccc2[CH]1[Zr]([Cl])([Cl])([CH]1C(C(C)C)=Cc2c(C=C[Si](C)(C)C)cccc21)[SiH](C)C. The average Bonchev–Trinajstić information content (AvgIpc) is 3.46. The molecule has 0 nitrogen and oxygen atoms in total. The number of hydrogen-bond donors (Lipinski definition) is 0. The van der Waals surface area contributed by atoms with Crippen molar-refractivity contribution in [3.8, 4) is 0 Å². The van der Waals surface area contributed by atoms with Crippen molar-refractivity contribution in [3.63, 3.8) is 0 Å². The van der Waals surface area contributed by atoms with E-state index in [9.17, 15) is 0 Å². The molecule has 2 atom stereocenters. The Morgan fingerprint density at radius 1 is 0.667 bits per heavy atom. The van der Waals surface area contributed by atoms with Crippen LogP contribution < -0.4 is 0 Å². The van der Waals surface area contributed by atoms with Gasteiger partial charge < -0.3 is 0 Å². The number of fused-ring (bicyclic) bond motifs is 2. The fraction of sp³-hybridized carbons (Fsp3) is 0.444. The maximum atomic E-state index is 8.61. The summed E-state index contributed by atoms with van der Waals surface area (Å²) in [4.78, 5) is 0. The van der Waals surface area contributed by atoms with E-state index in [2.05, 4.69) is 152 Å². The summed E-state index contributed by atoms with van der Waals surface area (Å²) in [5.74, 6) is -0.816. The van der Waals surface area contributed by atoms with E-state index >= 15 is 0 Å². The summed E-state index contributed by atoms with van der Waals surface area (Å²) in [5, 5.41) is 0. The molecule has 0 radical (unpaired) electrons. The average molecular weight is 732 g/mol. The van der Waals surface area contributed by atoms with Gasteiger partial charge in [-0.15, -0.1) is 0 Å². The van der Waals surface area contributed by atoms with Gasteiger partial charge in [0, 0.05) is 0 Å². The Kier molecular flexibility index (Phi) is 9.85. The van der Waals surface area contributed by atoms with Gasteiger partial charge in [0.25, 0.3) is 0 Å². The van der Waals surface area contributed by atoms with Crippen LogP contribution in [0.15, 0.2) is 58.9 Å². The van der Waals surface area contributed by atoms with Crippen LogP contribution in [0.3, 0.4) is 0 Å². The molecule has 6 heteroatoms. The minimum absolute atomic E-state index is 0.135. The monoisotopic (exact) mass is 729 g/mol. The molecule has 0 amide bonds. The Bertz CT molecular complexity index is 1370. The molecule has 0 heterocycles. The van der Waals surface area contributed by atoms with Crippen LogP contribution in [-0.2, 0) is 15.6 Å². The van der Waals surface area contributed by atoms with Crippen molar-refractivity contribution >= 4 is 63.4 Å². The van der Waals surface area contributed by atoms with Crippen molar-refractivity contribution in [2.75, 3.05) is 0 Å². The molecule has 42 heavy (non-hydrogen) atoms. The van der Waals surface area contributed by atoms with Crippen LogP contribution in [-0.4, -0.2) is 22.1 Å². The molecular formula is C36H53Cl2Si3Zr. The summed E-state index contributed by atoms with van der Waals surface area (Å²) in [6, 6.07) is 13.8. The second-order valence-corrected chi connectivity index (χ2v) is 68.6. The molecule has 2 unspecified atom stereocenters. The van der Waals surface area contributed by atoms with Crippen molar-refractivity contribution < 1.29 is 15.6 Å². The van der Waals surface area contributed by atoms with Crippen LogP contribution in [0.25, 0.3) is 24.3 Å². The van der Waals surface area contributed by atoms with E-state index in [0.717, 1.165) is 0 Å². The first kappa shape index (κ1) is 34.4. The zero-order valence-corrected chi connectivity index (χ0v) is 35.2. The van der Waals surface area contributed by atoms with Crippen molar-refractivity contribution in [2.45, 2.75) is 87.3 Å². The Morgan fingerprint density at radius 3 is 1.31 bits per heavy atom. The van der Waals surface area contributed by atoms with Gasteiger partial charge in [-0.1, -0.05) is 0 Å². The Hall–Kier alpha value is -0.486. The first-order chi connectivity index (χ1) is 19.3. The van der Waals surface area contributed by atoms with Crippen LogP contribution in [0.1, 0.15) is 68.3 Å². The minimum atomic E-state index is -4.75. The van der Waals surface area contributed by atoms with Gasteiger partial charge in [0.05, 0.1) is 0 Å². The quantitative estimate of drug-likeness (QED) is 0.225. The molecule has 0 aliphatic heterocycles. The molecule has 2 aliphatic carbocycles. The van der Waals surface area contributed by atoms with Crippen LogP contribution >= 0.6 is 17.0 Å². The Morgan fingerprint density at radius 2 is 1.02 bits per heavy atom. The molecule has 0 saturated heterocycles. The Balaban J connectivity index is 2.02. The topological polar surface area (TPSA) is 0 Å². The number of hydrogen-bond acceptors (Lipinski definition) is 0. The van der Waals surface area contributed by atoms with Crippen LogP contribution in [0, 0.1) is 11.8 Å². The molecule has 227 valence electrons. The van der Waals surface area contributed by atoms with Gasteiger partial charge in [-0.2, -0.15) is 0 Å². The van der Waals surface area contributed by atoms with Crippen LogP contribution in [0.4, 0.5) is 0 Å². The van der Waals surface area contributed by atoms with Gasteiger partial charge in [-0.05, 0) is 0 Å². The van der Waals surface area contributed by atoms with E-state index in [4.69, 9.17) is 17.0 Å². The number of benzene rings is 2. The van der Waals surface area contributed by atoms with Crippen LogP contribution in [0.5, 0.6) is 0 Å². The fourth-order valence-electron chi connectivity index (χ4n) is 6.93. The van der Waals surface area contributed by atoms with Gasteiger partial charge in [-0.25, -0.2) is 0 Å². The van der Waals surface area contributed by atoms with E-state index in [-0.39, 0.29) is 7.25 Å². The summed E-state index contributed by atoms with van der Waals surface area (Å²) >= 11 is -4.75. The zero-order chi connectivity index (χ0) is 31.4. The molecule has 2 aromatic rings. The molecule has 0 aromatic heterocycles. The molecule has 2 aromatic carbocycles. The summed E-state index contributed by atoms with van der Waals surface area (Å²) in [6.45, 7) is 28.7. The van der Waals surface area contributed by atoms with E-state index in [1.165, 1.54) is 44.5 Å². The van der Waals surface area contributed by atoms with Gasteiger partial charge in [-0.3, -0.25) is 0 Å². The molecular weight excluding hydrogens is 679 g/mol. The number of allylic oxidation sites excluding steroid dienone is 2. The van der Waals surface area contributed by atoms with Gasteiger partial charge in [0.15, 0.2) is 0 Å². The molecule has 2 aliphatic rings. The van der Waals surface area contributed by atoms with E-state index < -0.39 is 37.6 Å². The van der Waals surface area contributed by atoms with Gasteiger partial charge in [0.2, 0.25) is 0 Å². The zero-order valence-electron chi connectivity index (χ0n) is 28.1. The van der Waals surface area contributed by atoms with Crippen molar-refractivity contribution in [2.24, 2.45) is 11.8 Å². The van der Waals surface area contributed by atoms with Crippen molar-refractivity contribution in [3.05, 3.63) is 92.3 Å². The molecule has 4 rings (SSSR count). The first-order valence-corrected chi connectivity index (χ1v) is 39.4. The molecule has 0 bridgehead atoms. The third-order valence-corrected chi connectivity index (χ3v) is 63.3. The number of halogens is 2. The molecule has 0 saturated carbocycles. The Labute approximate surface area is 268 Å². The maximum absolute atomic E-state index is 8.61. The summed E-state index contributed by atoms with van der Waals surface area (Å²) in [6.07, 6.45) is 9.74. The first-order valence-electron chi connectivity index (χ1n) is 15.9. The third-order valence-electron chi connectivity index (χ3n) is 9.32. The molecule has 0 N–H and O–H groups in total. The van der Waals surface area contributed by atoms with E-state index in [0.29, 0.717) is 11.8 Å².